The van der Waals surface area contributed by atoms with Crippen molar-refractivity contribution < 1.29 is 4.52 Å². The largest absolute Gasteiger partial charge is 0.338 e. The lowest BCUT2D eigenvalue weighted by Crippen LogP contribution is -2.50. The van der Waals surface area contributed by atoms with Crippen LogP contribution >= 0.6 is 0 Å². The summed E-state index contributed by atoms with van der Waals surface area (Å²) >= 11 is 0. The zero-order valence-electron chi connectivity index (χ0n) is 13.8. The molecular formula is C17H25N3O. The third-order valence-electron chi connectivity index (χ3n) is 4.41. The van der Waals surface area contributed by atoms with Gasteiger partial charge in [-0.2, -0.15) is 4.98 Å². The molecule has 1 aromatic heterocycles. The van der Waals surface area contributed by atoms with Crippen molar-refractivity contribution in [3.63, 3.8) is 0 Å². The maximum atomic E-state index is 6.22. The molecular weight excluding hydrogens is 262 g/mol. The first kappa shape index (κ1) is 15.7. The van der Waals surface area contributed by atoms with E-state index in [2.05, 4.69) is 36.1 Å². The lowest BCUT2D eigenvalue weighted by atomic mass is 9.75. The molecule has 0 bridgehead atoms. The third-order valence-corrected chi connectivity index (χ3v) is 4.41. The van der Waals surface area contributed by atoms with Gasteiger partial charge in [0.05, 0.1) is 5.41 Å². The van der Waals surface area contributed by atoms with Gasteiger partial charge in [-0.3, -0.25) is 0 Å². The Labute approximate surface area is 126 Å². The number of rotatable bonds is 4. The summed E-state index contributed by atoms with van der Waals surface area (Å²) in [6, 6.07) is 8.28. The highest BCUT2D eigenvalue weighted by Crippen LogP contribution is 2.33. The maximum absolute atomic E-state index is 6.22. The predicted molar refractivity (Wildman–Crippen MR) is 85.1 cm³/mol. The molecule has 2 rings (SSSR count). The van der Waals surface area contributed by atoms with Gasteiger partial charge in [-0.25, -0.2) is 0 Å². The molecule has 0 saturated carbocycles. The molecule has 0 aliphatic rings. The molecule has 4 heteroatoms. The van der Waals surface area contributed by atoms with Crippen LogP contribution in [-0.2, 0) is 5.41 Å². The van der Waals surface area contributed by atoms with E-state index >= 15 is 0 Å². The molecule has 1 aromatic carbocycles. The quantitative estimate of drug-likeness (QED) is 0.927. The Morgan fingerprint density at radius 3 is 2.10 bits per heavy atom. The fourth-order valence-electron chi connectivity index (χ4n) is 1.89. The highest BCUT2D eigenvalue weighted by Gasteiger charge is 2.40. The first-order valence-electron chi connectivity index (χ1n) is 7.36. The Morgan fingerprint density at radius 2 is 1.62 bits per heavy atom. The van der Waals surface area contributed by atoms with Crippen molar-refractivity contribution in [1.29, 1.82) is 0 Å². The van der Waals surface area contributed by atoms with Crippen molar-refractivity contribution in [1.82, 2.24) is 10.1 Å². The topological polar surface area (TPSA) is 64.9 Å². The summed E-state index contributed by atoms with van der Waals surface area (Å²) in [7, 11) is 0. The molecule has 2 aromatic rings. The zero-order valence-corrected chi connectivity index (χ0v) is 13.8. The molecule has 0 aliphatic carbocycles. The SMILES string of the molecule is CC(C)c1ccc(-c2noc(C(C)(C)C(C)(C)N)n2)cc1. The summed E-state index contributed by atoms with van der Waals surface area (Å²) in [6.45, 7) is 12.3. The molecule has 0 saturated heterocycles. The van der Waals surface area contributed by atoms with Gasteiger partial charge in [0.15, 0.2) is 0 Å². The Kier molecular flexibility index (Phi) is 3.93. The van der Waals surface area contributed by atoms with Crippen molar-refractivity contribution in [2.75, 3.05) is 0 Å². The smallest absolute Gasteiger partial charge is 0.234 e. The van der Waals surface area contributed by atoms with Gasteiger partial charge in [-0.15, -0.1) is 0 Å². The van der Waals surface area contributed by atoms with E-state index in [0.717, 1.165) is 5.56 Å². The molecule has 0 atom stereocenters. The average Bonchev–Trinajstić information content (AvgIpc) is 2.87. The fourth-order valence-corrected chi connectivity index (χ4v) is 1.89. The summed E-state index contributed by atoms with van der Waals surface area (Å²) in [5, 5.41) is 4.10. The molecule has 114 valence electrons. The van der Waals surface area contributed by atoms with Crippen LogP contribution in [0.15, 0.2) is 28.8 Å². The van der Waals surface area contributed by atoms with E-state index in [0.29, 0.717) is 17.6 Å². The van der Waals surface area contributed by atoms with Crippen LogP contribution in [0.25, 0.3) is 11.4 Å². The molecule has 0 aliphatic heterocycles. The summed E-state index contributed by atoms with van der Waals surface area (Å²) in [4.78, 5) is 4.54. The summed E-state index contributed by atoms with van der Waals surface area (Å²) in [5.74, 6) is 1.69. The molecule has 0 unspecified atom stereocenters. The van der Waals surface area contributed by atoms with E-state index in [1.807, 2.05) is 39.8 Å². The highest BCUT2D eigenvalue weighted by atomic mass is 16.5. The van der Waals surface area contributed by atoms with Crippen LogP contribution in [0.1, 0.15) is 58.9 Å². The van der Waals surface area contributed by atoms with Crippen LogP contribution in [0.3, 0.4) is 0 Å². The Bertz CT molecular complexity index is 604. The molecule has 4 nitrogen and oxygen atoms in total. The fraction of sp³-hybridized carbons (Fsp3) is 0.529. The van der Waals surface area contributed by atoms with Gasteiger partial charge >= 0.3 is 0 Å². The van der Waals surface area contributed by atoms with Gasteiger partial charge in [0, 0.05) is 11.1 Å². The Balaban J connectivity index is 2.32. The molecule has 2 N–H and O–H groups in total. The Morgan fingerprint density at radius 1 is 1.05 bits per heavy atom. The first-order valence-corrected chi connectivity index (χ1v) is 7.36. The van der Waals surface area contributed by atoms with Gasteiger partial charge in [0.1, 0.15) is 0 Å². The number of benzene rings is 1. The van der Waals surface area contributed by atoms with Crippen molar-refractivity contribution in [3.05, 3.63) is 35.7 Å². The number of aromatic nitrogens is 2. The highest BCUT2D eigenvalue weighted by molar-refractivity contribution is 5.55. The van der Waals surface area contributed by atoms with Gasteiger partial charge < -0.3 is 10.3 Å². The van der Waals surface area contributed by atoms with E-state index < -0.39 is 11.0 Å². The van der Waals surface area contributed by atoms with Gasteiger partial charge in [-0.1, -0.05) is 43.3 Å². The van der Waals surface area contributed by atoms with Crippen molar-refractivity contribution in [2.45, 2.75) is 58.4 Å². The minimum absolute atomic E-state index is 0.393. The maximum Gasteiger partial charge on any atom is 0.234 e. The third kappa shape index (κ3) is 3.00. The van der Waals surface area contributed by atoms with Crippen molar-refractivity contribution in [2.24, 2.45) is 5.73 Å². The lowest BCUT2D eigenvalue weighted by molar-refractivity contribution is 0.223. The van der Waals surface area contributed by atoms with E-state index in [9.17, 15) is 0 Å². The Hall–Kier alpha value is -1.68. The molecule has 0 spiro atoms. The molecule has 0 radical (unpaired) electrons. The van der Waals surface area contributed by atoms with E-state index in [-0.39, 0.29) is 0 Å². The van der Waals surface area contributed by atoms with E-state index in [1.54, 1.807) is 0 Å². The minimum Gasteiger partial charge on any atom is -0.338 e. The van der Waals surface area contributed by atoms with Crippen LogP contribution in [0.2, 0.25) is 0 Å². The van der Waals surface area contributed by atoms with E-state index in [1.165, 1.54) is 5.56 Å². The number of hydrogen-bond donors (Lipinski definition) is 1. The standard InChI is InChI=1S/C17H25N3O/c1-11(2)12-7-9-13(10-8-12)14-19-15(21-20-14)16(3,4)17(5,6)18/h7-11H,18H2,1-6H3. The van der Waals surface area contributed by atoms with Crippen LogP contribution in [0.5, 0.6) is 0 Å². The lowest BCUT2D eigenvalue weighted by Gasteiger charge is -2.34. The molecule has 21 heavy (non-hydrogen) atoms. The van der Waals surface area contributed by atoms with E-state index in [4.69, 9.17) is 10.3 Å². The first-order chi connectivity index (χ1) is 9.63. The van der Waals surface area contributed by atoms with Gasteiger partial charge in [0.2, 0.25) is 11.7 Å². The minimum atomic E-state index is -0.446. The summed E-state index contributed by atoms with van der Waals surface area (Å²) in [6.07, 6.45) is 0. The monoisotopic (exact) mass is 287 g/mol. The van der Waals surface area contributed by atoms with Crippen LogP contribution in [0.4, 0.5) is 0 Å². The second-order valence-corrected chi connectivity index (χ2v) is 7.05. The van der Waals surface area contributed by atoms with Crippen LogP contribution in [-0.4, -0.2) is 15.7 Å². The zero-order chi connectivity index (χ0) is 15.8. The van der Waals surface area contributed by atoms with Crippen LogP contribution < -0.4 is 5.73 Å². The number of nitrogens with zero attached hydrogens (tertiary/aromatic N) is 2. The molecule has 1 heterocycles. The second-order valence-electron chi connectivity index (χ2n) is 7.05. The van der Waals surface area contributed by atoms with Crippen molar-refractivity contribution in [3.8, 4) is 11.4 Å². The van der Waals surface area contributed by atoms with Crippen molar-refractivity contribution >= 4 is 0 Å². The van der Waals surface area contributed by atoms with Crippen LogP contribution in [0, 0.1) is 0 Å². The summed E-state index contributed by atoms with van der Waals surface area (Å²) < 4.78 is 5.45. The van der Waals surface area contributed by atoms with Gasteiger partial charge in [-0.05, 0) is 39.2 Å². The summed E-state index contributed by atoms with van der Waals surface area (Å²) in [5.41, 5.74) is 7.64. The number of hydrogen-bond acceptors (Lipinski definition) is 4. The predicted octanol–water partition coefficient (Wildman–Crippen LogP) is 3.87. The second kappa shape index (κ2) is 5.26. The normalized spacial score (nSPS) is 13.0. The van der Waals surface area contributed by atoms with Gasteiger partial charge in [0.25, 0.3) is 0 Å². The molecule has 0 fully saturated rings. The average molecular weight is 287 g/mol. The number of nitrogens with two attached hydrogens (primary N) is 1. The molecule has 0 amide bonds.